The Labute approximate surface area is 142 Å². The topological polar surface area (TPSA) is 54.6 Å². The number of ether oxygens (including phenoxy) is 2. The maximum absolute atomic E-state index is 12.3. The molecule has 1 atom stereocenters. The highest BCUT2D eigenvalue weighted by molar-refractivity contribution is 5.80. The molecule has 2 aromatic rings. The molecule has 1 aromatic carbocycles. The van der Waals surface area contributed by atoms with E-state index in [-0.39, 0.29) is 5.56 Å². The molecule has 3 rings (SSSR count). The zero-order valence-corrected chi connectivity index (χ0v) is 14.5. The minimum absolute atomic E-state index is 0.0151. The van der Waals surface area contributed by atoms with Crippen LogP contribution >= 0.6 is 0 Å². The van der Waals surface area contributed by atoms with E-state index in [4.69, 9.17) is 9.47 Å². The van der Waals surface area contributed by atoms with E-state index in [1.807, 2.05) is 24.3 Å². The summed E-state index contributed by atoms with van der Waals surface area (Å²) in [6, 6.07) is 7.65. The molecule has 24 heavy (non-hydrogen) atoms. The lowest BCUT2D eigenvalue weighted by Crippen LogP contribution is -2.25. The van der Waals surface area contributed by atoms with Gasteiger partial charge in [-0.25, -0.2) is 0 Å². The Morgan fingerprint density at radius 1 is 1.38 bits per heavy atom. The van der Waals surface area contributed by atoms with Gasteiger partial charge >= 0.3 is 0 Å². The van der Waals surface area contributed by atoms with Gasteiger partial charge < -0.3 is 19.4 Å². The van der Waals surface area contributed by atoms with Gasteiger partial charge in [0.1, 0.15) is 5.75 Å². The van der Waals surface area contributed by atoms with Crippen LogP contribution in [-0.2, 0) is 11.3 Å². The molecule has 5 heteroatoms. The normalized spacial score (nSPS) is 17.7. The molecule has 0 radical (unpaired) electrons. The summed E-state index contributed by atoms with van der Waals surface area (Å²) < 4.78 is 10.9. The van der Waals surface area contributed by atoms with Crippen molar-refractivity contribution < 1.29 is 9.47 Å². The quantitative estimate of drug-likeness (QED) is 0.848. The van der Waals surface area contributed by atoms with Gasteiger partial charge in [0.2, 0.25) is 0 Å². The van der Waals surface area contributed by atoms with Crippen LogP contribution in [0.2, 0.25) is 0 Å². The molecule has 0 bridgehead atoms. The van der Waals surface area contributed by atoms with Gasteiger partial charge in [-0.15, -0.1) is 0 Å². The number of aromatic amines is 1. The highest BCUT2D eigenvalue weighted by atomic mass is 16.5. The fraction of sp³-hybridized carbons (Fsp3) is 0.526. The summed E-state index contributed by atoms with van der Waals surface area (Å²) in [5, 5.41) is 0.997. The smallest absolute Gasteiger partial charge is 0.252 e. The van der Waals surface area contributed by atoms with E-state index in [1.165, 1.54) is 12.8 Å². The zero-order valence-electron chi connectivity index (χ0n) is 14.5. The number of nitrogens with zero attached hydrogens (tertiary/aromatic N) is 1. The van der Waals surface area contributed by atoms with Crippen LogP contribution < -0.4 is 10.3 Å². The van der Waals surface area contributed by atoms with Crippen LogP contribution in [0.1, 0.15) is 31.2 Å². The summed E-state index contributed by atoms with van der Waals surface area (Å²) in [4.78, 5) is 17.4. The van der Waals surface area contributed by atoms with Crippen molar-refractivity contribution in [1.82, 2.24) is 9.88 Å². The van der Waals surface area contributed by atoms with Gasteiger partial charge in [0, 0.05) is 29.6 Å². The Morgan fingerprint density at radius 3 is 3.00 bits per heavy atom. The van der Waals surface area contributed by atoms with Crippen LogP contribution in [0.15, 0.2) is 29.1 Å². The van der Waals surface area contributed by atoms with Gasteiger partial charge in [0.15, 0.2) is 0 Å². The molecule has 5 nitrogen and oxygen atoms in total. The second-order valence-corrected chi connectivity index (χ2v) is 6.59. The van der Waals surface area contributed by atoms with Gasteiger partial charge in [0.05, 0.1) is 13.2 Å². The molecule has 1 saturated heterocycles. The number of benzene rings is 1. The highest BCUT2D eigenvalue weighted by Crippen LogP contribution is 2.19. The average molecular weight is 330 g/mol. The van der Waals surface area contributed by atoms with Gasteiger partial charge in [-0.05, 0) is 63.5 Å². The molecule has 0 amide bonds. The average Bonchev–Trinajstić information content (AvgIpc) is 3.08. The number of nitrogens with one attached hydrogen (secondary N) is 1. The van der Waals surface area contributed by atoms with E-state index in [9.17, 15) is 4.79 Å². The Morgan fingerprint density at radius 2 is 2.25 bits per heavy atom. The molecule has 2 heterocycles. The number of rotatable bonds is 7. The number of hydrogen-bond donors (Lipinski definition) is 1. The molecule has 0 aliphatic carbocycles. The highest BCUT2D eigenvalue weighted by Gasteiger charge is 2.15. The Bertz CT molecular complexity index is 735. The van der Waals surface area contributed by atoms with E-state index < -0.39 is 0 Å². The third-order valence-electron chi connectivity index (χ3n) is 4.66. The summed E-state index contributed by atoms with van der Waals surface area (Å²) in [5.41, 5.74) is 1.61. The predicted octanol–water partition coefficient (Wildman–Crippen LogP) is 2.93. The second kappa shape index (κ2) is 7.81. The van der Waals surface area contributed by atoms with Crippen LogP contribution in [0, 0.1) is 0 Å². The fourth-order valence-electron chi connectivity index (χ4n) is 3.31. The van der Waals surface area contributed by atoms with Crippen LogP contribution in [0.4, 0.5) is 0 Å². The maximum Gasteiger partial charge on any atom is 0.252 e. The molecule has 1 fully saturated rings. The van der Waals surface area contributed by atoms with Crippen molar-refractivity contribution >= 4 is 10.9 Å². The fourth-order valence-corrected chi connectivity index (χ4v) is 3.31. The monoisotopic (exact) mass is 330 g/mol. The Hall–Kier alpha value is -1.85. The molecule has 0 unspecified atom stereocenters. The van der Waals surface area contributed by atoms with Crippen molar-refractivity contribution in [2.24, 2.45) is 0 Å². The molecule has 1 aliphatic rings. The number of hydrogen-bond acceptors (Lipinski definition) is 4. The summed E-state index contributed by atoms with van der Waals surface area (Å²) in [5.74, 6) is 0.797. The van der Waals surface area contributed by atoms with Crippen LogP contribution in [0.3, 0.4) is 0 Å². The van der Waals surface area contributed by atoms with Crippen LogP contribution in [-0.4, -0.2) is 43.3 Å². The van der Waals surface area contributed by atoms with E-state index in [2.05, 4.69) is 16.9 Å². The Balaban J connectivity index is 1.62. The molecule has 1 aliphatic heterocycles. The van der Waals surface area contributed by atoms with E-state index in [0.29, 0.717) is 12.6 Å². The zero-order chi connectivity index (χ0) is 16.9. The Kier molecular flexibility index (Phi) is 5.53. The molecular weight excluding hydrogens is 304 g/mol. The van der Waals surface area contributed by atoms with Crippen molar-refractivity contribution in [1.29, 1.82) is 0 Å². The lowest BCUT2D eigenvalue weighted by atomic mass is 10.1. The molecular formula is C19H26N2O3. The summed E-state index contributed by atoms with van der Waals surface area (Å²) >= 11 is 0. The number of pyridine rings is 1. The van der Waals surface area contributed by atoms with Gasteiger partial charge in [-0.2, -0.15) is 0 Å². The van der Waals surface area contributed by atoms with E-state index >= 15 is 0 Å². The first-order chi connectivity index (χ1) is 11.7. The standard InChI is InChI=1S/C19H26N2O3/c1-21(9-3-5-16-6-4-10-24-16)13-15-11-14-12-17(23-2)7-8-18(14)20-19(15)22/h7-8,11-12,16H,3-6,9-10,13H2,1-2H3,(H,20,22)/t16-/m0/s1. The molecule has 0 saturated carbocycles. The lowest BCUT2D eigenvalue weighted by molar-refractivity contribution is 0.0995. The number of H-pyrrole nitrogens is 1. The van der Waals surface area contributed by atoms with Crippen molar-refractivity contribution in [2.75, 3.05) is 27.3 Å². The summed E-state index contributed by atoms with van der Waals surface area (Å²) in [6.45, 7) is 2.53. The van der Waals surface area contributed by atoms with Gasteiger partial charge in [0.25, 0.3) is 5.56 Å². The van der Waals surface area contributed by atoms with Crippen LogP contribution in [0.5, 0.6) is 5.75 Å². The van der Waals surface area contributed by atoms with Crippen molar-refractivity contribution in [3.05, 3.63) is 40.2 Å². The summed E-state index contributed by atoms with van der Waals surface area (Å²) in [7, 11) is 3.71. The molecule has 130 valence electrons. The number of fused-ring (bicyclic) bond motifs is 1. The van der Waals surface area contributed by atoms with Crippen molar-refractivity contribution in [2.45, 2.75) is 38.3 Å². The van der Waals surface area contributed by atoms with Crippen molar-refractivity contribution in [3.63, 3.8) is 0 Å². The summed E-state index contributed by atoms with van der Waals surface area (Å²) in [6.07, 6.45) is 5.03. The second-order valence-electron chi connectivity index (χ2n) is 6.59. The molecule has 0 spiro atoms. The minimum atomic E-state index is -0.0151. The first-order valence-electron chi connectivity index (χ1n) is 8.66. The first-order valence-corrected chi connectivity index (χ1v) is 8.66. The van der Waals surface area contributed by atoms with E-state index in [0.717, 1.165) is 48.2 Å². The molecule has 1 aromatic heterocycles. The maximum atomic E-state index is 12.3. The SMILES string of the molecule is COc1ccc2[nH]c(=O)c(CN(C)CCC[C@H]3CCCO3)cc2c1. The third-order valence-corrected chi connectivity index (χ3v) is 4.66. The minimum Gasteiger partial charge on any atom is -0.497 e. The number of aromatic nitrogens is 1. The van der Waals surface area contributed by atoms with Gasteiger partial charge in [-0.1, -0.05) is 0 Å². The van der Waals surface area contributed by atoms with Gasteiger partial charge in [-0.3, -0.25) is 4.79 Å². The van der Waals surface area contributed by atoms with Crippen LogP contribution in [0.25, 0.3) is 10.9 Å². The molecule has 1 N–H and O–H groups in total. The largest absolute Gasteiger partial charge is 0.497 e. The first kappa shape index (κ1) is 17.0. The third kappa shape index (κ3) is 4.16. The lowest BCUT2D eigenvalue weighted by Gasteiger charge is -2.17. The van der Waals surface area contributed by atoms with Crippen molar-refractivity contribution in [3.8, 4) is 5.75 Å². The predicted molar refractivity (Wildman–Crippen MR) is 95.7 cm³/mol. The van der Waals surface area contributed by atoms with E-state index in [1.54, 1.807) is 7.11 Å². The number of methoxy groups -OCH3 is 1.